The molecule has 0 fully saturated rings. The Bertz CT molecular complexity index is 1250. The number of carbonyl (C=O) groups excluding carboxylic acids is 1. The minimum atomic E-state index is -4.38. The molecular weight excluding hydrogens is 533 g/mol. The highest BCUT2D eigenvalue weighted by atomic mass is 35.5. The highest BCUT2D eigenvalue weighted by molar-refractivity contribution is 7.88. The first kappa shape index (κ1) is 28.7. The van der Waals surface area contributed by atoms with Crippen molar-refractivity contribution in [2.24, 2.45) is 4.99 Å². The van der Waals surface area contributed by atoms with Crippen LogP contribution in [-0.2, 0) is 21.4 Å². The van der Waals surface area contributed by atoms with Crippen LogP contribution in [0.4, 0.5) is 13.2 Å². The minimum absolute atomic E-state index is 0.0219. The van der Waals surface area contributed by atoms with Crippen LogP contribution < -0.4 is 10.6 Å². The standard InChI is InChI=1S/C23H28ClF3N6O3S/c1-15(19-31-18(22(2,3)32-19)20(34)28-10-9-23(25,26)27)8-13-33(14-16-4-6-17(24)7-5-16)37(35,36)21-29-11-12-30-21/h4-7,11-12,18H,1,8-10,13-14H2,2-3H3,(H,28,34)(H,29,30)(H,31,32)/t18-/m0/s1. The smallest absolute Gasteiger partial charge is 0.357 e. The van der Waals surface area contributed by atoms with E-state index in [1.165, 1.54) is 16.7 Å². The molecule has 0 bridgehead atoms. The van der Waals surface area contributed by atoms with Gasteiger partial charge in [-0.25, -0.2) is 13.4 Å². The van der Waals surface area contributed by atoms with Gasteiger partial charge in [-0.05, 0) is 43.5 Å². The highest BCUT2D eigenvalue weighted by Gasteiger charge is 2.41. The molecule has 0 unspecified atom stereocenters. The van der Waals surface area contributed by atoms with E-state index in [4.69, 9.17) is 11.6 Å². The number of sulfonamides is 1. The number of halogens is 4. The molecule has 0 aliphatic carbocycles. The van der Waals surface area contributed by atoms with Crippen molar-refractivity contribution in [3.63, 3.8) is 0 Å². The van der Waals surface area contributed by atoms with Gasteiger partial charge in [-0.15, -0.1) is 0 Å². The van der Waals surface area contributed by atoms with Gasteiger partial charge >= 0.3 is 6.18 Å². The molecule has 1 atom stereocenters. The molecule has 14 heteroatoms. The second kappa shape index (κ2) is 11.2. The second-order valence-corrected chi connectivity index (χ2v) is 11.4. The third kappa shape index (κ3) is 7.55. The van der Waals surface area contributed by atoms with Gasteiger partial charge in [-0.1, -0.05) is 30.3 Å². The number of nitrogens with one attached hydrogen (secondary N) is 3. The molecule has 1 aromatic carbocycles. The molecule has 2 aromatic rings. The summed E-state index contributed by atoms with van der Waals surface area (Å²) in [7, 11) is -3.98. The van der Waals surface area contributed by atoms with Crippen LogP contribution in [0.2, 0.25) is 5.02 Å². The van der Waals surface area contributed by atoms with Crippen LogP contribution in [-0.4, -0.2) is 65.3 Å². The maximum atomic E-state index is 13.2. The van der Waals surface area contributed by atoms with Crippen molar-refractivity contribution in [1.82, 2.24) is 24.9 Å². The van der Waals surface area contributed by atoms with Crippen LogP contribution in [0.3, 0.4) is 0 Å². The fourth-order valence-corrected chi connectivity index (χ4v) is 5.10. The van der Waals surface area contributed by atoms with Crippen molar-refractivity contribution in [3.05, 3.63) is 59.4 Å². The highest BCUT2D eigenvalue weighted by Crippen LogP contribution is 2.25. The van der Waals surface area contributed by atoms with Gasteiger partial charge in [0.15, 0.2) is 0 Å². The van der Waals surface area contributed by atoms with Gasteiger partial charge in [0, 0.05) is 37.1 Å². The van der Waals surface area contributed by atoms with E-state index in [0.717, 1.165) is 0 Å². The molecule has 9 nitrogen and oxygen atoms in total. The first-order valence-corrected chi connectivity index (χ1v) is 13.1. The Balaban J connectivity index is 1.69. The largest absolute Gasteiger partial charge is 0.390 e. The van der Waals surface area contributed by atoms with E-state index in [-0.39, 0.29) is 24.7 Å². The van der Waals surface area contributed by atoms with E-state index in [1.807, 2.05) is 0 Å². The predicted molar refractivity (Wildman–Crippen MR) is 134 cm³/mol. The molecule has 202 valence electrons. The molecule has 0 saturated heterocycles. The number of hydrogen-bond donors (Lipinski definition) is 3. The number of carbonyl (C=O) groups is 1. The number of H-pyrrole nitrogens is 1. The van der Waals surface area contributed by atoms with Crippen LogP contribution in [0.5, 0.6) is 0 Å². The molecule has 3 rings (SSSR count). The lowest BCUT2D eigenvalue weighted by Crippen LogP contribution is -2.52. The number of aliphatic imine (C=N–C) groups is 1. The number of imidazole rings is 1. The zero-order valence-electron chi connectivity index (χ0n) is 20.3. The molecule has 2 heterocycles. The van der Waals surface area contributed by atoms with Gasteiger partial charge in [0.1, 0.15) is 11.9 Å². The van der Waals surface area contributed by atoms with Gasteiger partial charge in [0.05, 0.1) is 12.0 Å². The Morgan fingerprint density at radius 3 is 2.54 bits per heavy atom. The number of benzene rings is 1. The molecule has 1 aliphatic heterocycles. The summed E-state index contributed by atoms with van der Waals surface area (Å²) in [5, 5.41) is 5.52. The maximum Gasteiger partial charge on any atom is 0.390 e. The average Bonchev–Trinajstić information content (AvgIpc) is 3.45. The Morgan fingerprint density at radius 1 is 1.27 bits per heavy atom. The van der Waals surface area contributed by atoms with Crippen LogP contribution in [0.1, 0.15) is 32.3 Å². The lowest BCUT2D eigenvalue weighted by molar-refractivity contribution is -0.136. The summed E-state index contributed by atoms with van der Waals surface area (Å²) in [5.74, 6) is -0.326. The zero-order valence-corrected chi connectivity index (χ0v) is 21.8. The SMILES string of the molecule is C=C(CCN(Cc1ccc(Cl)cc1)S(=O)(=O)c1ncc[nH]1)C1=NC(C)(C)[C@H](C(=O)NCCC(F)(F)F)N1. The number of hydrogen-bond acceptors (Lipinski definition) is 6. The number of aromatic amines is 1. The number of aromatic nitrogens is 2. The Kier molecular flexibility index (Phi) is 8.70. The molecule has 0 radical (unpaired) electrons. The zero-order chi connectivity index (χ0) is 27.4. The summed E-state index contributed by atoms with van der Waals surface area (Å²) in [6, 6.07) is 5.84. The molecule has 3 N–H and O–H groups in total. The molecule has 0 spiro atoms. The van der Waals surface area contributed by atoms with Crippen molar-refractivity contribution in [2.45, 2.75) is 56.1 Å². The first-order valence-electron chi connectivity index (χ1n) is 11.3. The minimum Gasteiger partial charge on any atom is -0.357 e. The molecule has 1 aromatic heterocycles. The van der Waals surface area contributed by atoms with Crippen molar-refractivity contribution in [1.29, 1.82) is 0 Å². The number of amidine groups is 1. The van der Waals surface area contributed by atoms with Crippen molar-refractivity contribution >= 4 is 33.4 Å². The maximum absolute atomic E-state index is 13.2. The fraction of sp³-hybridized carbons (Fsp3) is 0.435. The number of amides is 1. The third-order valence-electron chi connectivity index (χ3n) is 5.68. The third-order valence-corrected chi connectivity index (χ3v) is 7.64. The van der Waals surface area contributed by atoms with Gasteiger partial charge < -0.3 is 15.6 Å². The fourth-order valence-electron chi connectivity index (χ4n) is 3.67. The van der Waals surface area contributed by atoms with Gasteiger partial charge in [-0.2, -0.15) is 17.5 Å². The number of nitrogens with zero attached hydrogens (tertiary/aromatic N) is 3. The van der Waals surface area contributed by atoms with Gasteiger partial charge in [0.2, 0.25) is 11.1 Å². The van der Waals surface area contributed by atoms with Crippen LogP contribution in [0.25, 0.3) is 0 Å². The van der Waals surface area contributed by atoms with E-state index in [0.29, 0.717) is 22.0 Å². The summed E-state index contributed by atoms with van der Waals surface area (Å²) in [6.07, 6.45) is -2.61. The van der Waals surface area contributed by atoms with Crippen molar-refractivity contribution < 1.29 is 26.4 Å². The summed E-state index contributed by atoms with van der Waals surface area (Å²) in [6.45, 7) is 6.85. The van der Waals surface area contributed by atoms with Gasteiger partial charge in [0.25, 0.3) is 10.0 Å². The Labute approximate surface area is 218 Å². The van der Waals surface area contributed by atoms with E-state index in [9.17, 15) is 26.4 Å². The van der Waals surface area contributed by atoms with Crippen molar-refractivity contribution in [2.75, 3.05) is 13.1 Å². The van der Waals surface area contributed by atoms with E-state index in [1.54, 1.807) is 38.1 Å². The normalized spacial score (nSPS) is 17.4. The van der Waals surface area contributed by atoms with Crippen molar-refractivity contribution in [3.8, 4) is 0 Å². The Morgan fingerprint density at radius 2 is 1.95 bits per heavy atom. The Hall–Kier alpha value is -2.90. The molecule has 0 saturated carbocycles. The van der Waals surface area contributed by atoms with Crippen LogP contribution in [0.15, 0.2) is 59.0 Å². The van der Waals surface area contributed by atoms with E-state index >= 15 is 0 Å². The van der Waals surface area contributed by atoms with Crippen LogP contribution in [0, 0.1) is 0 Å². The quantitative estimate of drug-likeness (QED) is 0.389. The number of rotatable bonds is 11. The van der Waals surface area contributed by atoms with Gasteiger partial charge in [-0.3, -0.25) is 9.79 Å². The first-order chi connectivity index (χ1) is 17.2. The summed E-state index contributed by atoms with van der Waals surface area (Å²) in [5.41, 5.74) is 0.191. The van der Waals surface area contributed by atoms with E-state index < -0.39 is 46.7 Å². The molecule has 1 amide bonds. The van der Waals surface area contributed by atoms with Crippen LogP contribution >= 0.6 is 11.6 Å². The predicted octanol–water partition coefficient (Wildman–Crippen LogP) is 3.42. The monoisotopic (exact) mass is 560 g/mol. The molecular formula is C23H28ClF3N6O3S. The summed E-state index contributed by atoms with van der Waals surface area (Å²) >= 11 is 5.94. The second-order valence-electron chi connectivity index (χ2n) is 9.06. The van der Waals surface area contributed by atoms with E-state index in [2.05, 4.69) is 32.2 Å². The lowest BCUT2D eigenvalue weighted by Gasteiger charge is -2.24. The summed E-state index contributed by atoms with van der Waals surface area (Å²) in [4.78, 5) is 23.5. The summed E-state index contributed by atoms with van der Waals surface area (Å²) < 4.78 is 64.9. The topological polar surface area (TPSA) is 120 Å². The number of alkyl halides is 3. The average molecular weight is 561 g/mol. The molecule has 1 aliphatic rings. The molecule has 37 heavy (non-hydrogen) atoms. The lowest BCUT2D eigenvalue weighted by atomic mass is 9.96.